The minimum Gasteiger partial charge on any atom is -0.396 e. The van der Waals surface area contributed by atoms with Gasteiger partial charge in [-0.05, 0) is 72.6 Å². The molecular formula is C26H25FN4O3. The monoisotopic (exact) mass is 460 g/mol. The predicted molar refractivity (Wildman–Crippen MR) is 126 cm³/mol. The van der Waals surface area contributed by atoms with E-state index in [1.165, 1.54) is 46.7 Å². The van der Waals surface area contributed by atoms with E-state index in [0.717, 1.165) is 18.4 Å². The lowest BCUT2D eigenvalue weighted by molar-refractivity contribution is 0.0924. The molecule has 174 valence electrons. The van der Waals surface area contributed by atoms with Crippen LogP contribution in [0.5, 0.6) is 0 Å². The van der Waals surface area contributed by atoms with Crippen LogP contribution in [-0.4, -0.2) is 32.2 Å². The molecule has 1 aliphatic rings. The number of aromatic nitrogens is 3. The van der Waals surface area contributed by atoms with Crippen LogP contribution in [0, 0.1) is 5.82 Å². The van der Waals surface area contributed by atoms with E-state index in [1.54, 1.807) is 18.3 Å². The van der Waals surface area contributed by atoms with Crippen LogP contribution in [0.1, 0.15) is 52.5 Å². The summed E-state index contributed by atoms with van der Waals surface area (Å²) in [5.41, 5.74) is 4.86. The highest BCUT2D eigenvalue weighted by atomic mass is 19.1. The van der Waals surface area contributed by atoms with Gasteiger partial charge in [-0.15, -0.1) is 0 Å². The molecule has 0 aliphatic heterocycles. The summed E-state index contributed by atoms with van der Waals surface area (Å²) in [6, 6.07) is 12.9. The number of hydrogen-bond donors (Lipinski definition) is 3. The van der Waals surface area contributed by atoms with Crippen molar-refractivity contribution in [1.82, 2.24) is 19.9 Å². The van der Waals surface area contributed by atoms with Crippen LogP contribution in [0.25, 0.3) is 16.8 Å². The Labute approximate surface area is 195 Å². The van der Waals surface area contributed by atoms with Gasteiger partial charge in [0.15, 0.2) is 5.69 Å². The fourth-order valence-electron chi connectivity index (χ4n) is 4.54. The number of halogens is 1. The third kappa shape index (κ3) is 4.36. The molecule has 8 heteroatoms. The van der Waals surface area contributed by atoms with E-state index < -0.39 is 11.9 Å². The molecule has 2 aromatic heterocycles. The molecule has 0 radical (unpaired) electrons. The van der Waals surface area contributed by atoms with Crippen molar-refractivity contribution < 1.29 is 14.3 Å². The van der Waals surface area contributed by atoms with Gasteiger partial charge in [0, 0.05) is 12.7 Å². The van der Waals surface area contributed by atoms with E-state index in [2.05, 4.69) is 27.5 Å². The molecule has 0 spiro atoms. The first-order valence-corrected chi connectivity index (χ1v) is 11.4. The lowest BCUT2D eigenvalue weighted by atomic mass is 9.90. The molecule has 0 saturated carbocycles. The predicted octanol–water partition coefficient (Wildman–Crippen LogP) is 3.56. The summed E-state index contributed by atoms with van der Waals surface area (Å²) in [5.74, 6) is -0.867. The Morgan fingerprint density at radius 1 is 1.12 bits per heavy atom. The largest absolute Gasteiger partial charge is 0.396 e. The number of aryl methyl sites for hydroxylation is 2. The number of carbonyl (C=O) groups excluding carboxylic acids is 1. The Morgan fingerprint density at radius 2 is 1.88 bits per heavy atom. The van der Waals surface area contributed by atoms with Gasteiger partial charge in [-0.25, -0.2) is 8.91 Å². The number of aromatic amines is 1. The van der Waals surface area contributed by atoms with E-state index in [-0.39, 0.29) is 35.6 Å². The zero-order valence-corrected chi connectivity index (χ0v) is 18.6. The molecule has 1 atom stereocenters. The molecule has 4 aromatic rings. The molecule has 0 saturated heterocycles. The van der Waals surface area contributed by atoms with Crippen molar-refractivity contribution in [3.8, 4) is 11.3 Å². The van der Waals surface area contributed by atoms with Gasteiger partial charge in [0.25, 0.3) is 11.5 Å². The Bertz CT molecular complexity index is 1410. The van der Waals surface area contributed by atoms with Gasteiger partial charge < -0.3 is 15.4 Å². The van der Waals surface area contributed by atoms with Crippen molar-refractivity contribution in [1.29, 1.82) is 0 Å². The first kappa shape index (κ1) is 22.0. The molecule has 34 heavy (non-hydrogen) atoms. The van der Waals surface area contributed by atoms with E-state index in [4.69, 9.17) is 0 Å². The van der Waals surface area contributed by atoms with Crippen LogP contribution in [0.15, 0.2) is 59.5 Å². The van der Waals surface area contributed by atoms with Crippen LogP contribution in [0.2, 0.25) is 0 Å². The number of aliphatic hydroxyl groups excluding tert-OH is 1. The number of hydrogen-bond acceptors (Lipinski definition) is 4. The van der Waals surface area contributed by atoms with E-state index >= 15 is 0 Å². The number of benzene rings is 2. The maximum absolute atomic E-state index is 13.3. The highest BCUT2D eigenvalue weighted by Gasteiger charge is 2.19. The smallest absolute Gasteiger partial charge is 0.274 e. The maximum Gasteiger partial charge on any atom is 0.274 e. The standard InChI is InChI=1S/C26H25FN4O3/c27-20-9-7-17(8-10-20)21(11-12-32)28-25(33)22-14-24-26(34)29-23(15-31(24)30-22)19-6-5-16-3-1-2-4-18(16)13-19/h5-10,13-15,21,32H,1-4,11-12H2,(H,28,33)(H,29,34)/t21-/m1/s1. The number of fused-ring (bicyclic) bond motifs is 2. The second kappa shape index (κ2) is 9.23. The zero-order valence-electron chi connectivity index (χ0n) is 18.6. The molecule has 3 N–H and O–H groups in total. The van der Waals surface area contributed by atoms with Gasteiger partial charge in [-0.3, -0.25) is 9.59 Å². The number of H-pyrrole nitrogens is 1. The van der Waals surface area contributed by atoms with E-state index in [9.17, 15) is 19.1 Å². The average molecular weight is 461 g/mol. The molecule has 0 fully saturated rings. The van der Waals surface area contributed by atoms with Crippen molar-refractivity contribution in [2.24, 2.45) is 0 Å². The number of nitrogens with one attached hydrogen (secondary N) is 2. The molecule has 2 aromatic carbocycles. The van der Waals surface area contributed by atoms with Crippen molar-refractivity contribution in [2.75, 3.05) is 6.61 Å². The summed E-state index contributed by atoms with van der Waals surface area (Å²) >= 11 is 0. The summed E-state index contributed by atoms with van der Waals surface area (Å²) in [7, 11) is 0. The summed E-state index contributed by atoms with van der Waals surface area (Å²) in [6.45, 7) is -0.155. The first-order valence-electron chi connectivity index (χ1n) is 11.4. The average Bonchev–Trinajstić information content (AvgIpc) is 3.29. The topological polar surface area (TPSA) is 99.5 Å². The summed E-state index contributed by atoms with van der Waals surface area (Å²) in [4.78, 5) is 28.6. The number of carbonyl (C=O) groups is 1. The molecule has 5 rings (SSSR count). The third-order valence-corrected chi connectivity index (χ3v) is 6.36. The highest BCUT2D eigenvalue weighted by Crippen LogP contribution is 2.26. The number of amides is 1. The fourth-order valence-corrected chi connectivity index (χ4v) is 4.54. The second-order valence-corrected chi connectivity index (χ2v) is 8.64. The first-order chi connectivity index (χ1) is 16.5. The Kier molecular flexibility index (Phi) is 5.98. The maximum atomic E-state index is 13.3. The summed E-state index contributed by atoms with van der Waals surface area (Å²) in [6.07, 6.45) is 6.45. The number of aliphatic hydroxyl groups is 1. The SMILES string of the molecule is O=C(N[C@H](CCO)c1ccc(F)cc1)c1cc2c(=O)[nH]c(-c3ccc4c(c3)CCCC4)cn2n1. The summed E-state index contributed by atoms with van der Waals surface area (Å²) < 4.78 is 14.7. The van der Waals surface area contributed by atoms with Crippen molar-refractivity contribution in [2.45, 2.75) is 38.1 Å². The van der Waals surface area contributed by atoms with Crippen LogP contribution < -0.4 is 10.9 Å². The Hall–Kier alpha value is -3.78. The van der Waals surface area contributed by atoms with E-state index in [1.807, 2.05) is 6.07 Å². The molecule has 0 bridgehead atoms. The molecule has 2 heterocycles. The third-order valence-electron chi connectivity index (χ3n) is 6.36. The van der Waals surface area contributed by atoms with Gasteiger partial charge in [-0.2, -0.15) is 5.10 Å². The fraction of sp³-hybridized carbons (Fsp3) is 0.269. The molecule has 7 nitrogen and oxygen atoms in total. The Morgan fingerprint density at radius 3 is 2.65 bits per heavy atom. The van der Waals surface area contributed by atoms with Crippen LogP contribution in [-0.2, 0) is 12.8 Å². The Balaban J connectivity index is 1.43. The highest BCUT2D eigenvalue weighted by molar-refractivity contribution is 5.93. The lowest BCUT2D eigenvalue weighted by Gasteiger charge is -2.17. The zero-order chi connectivity index (χ0) is 23.7. The second-order valence-electron chi connectivity index (χ2n) is 8.64. The molecule has 1 amide bonds. The quantitative estimate of drug-likeness (QED) is 0.410. The lowest BCUT2D eigenvalue weighted by Crippen LogP contribution is -2.29. The van der Waals surface area contributed by atoms with Crippen LogP contribution in [0.3, 0.4) is 0 Å². The molecule has 0 unspecified atom stereocenters. The van der Waals surface area contributed by atoms with Crippen molar-refractivity contribution in [3.63, 3.8) is 0 Å². The van der Waals surface area contributed by atoms with Gasteiger partial charge in [0.1, 0.15) is 11.3 Å². The minimum absolute atomic E-state index is 0.0816. The van der Waals surface area contributed by atoms with Crippen LogP contribution >= 0.6 is 0 Å². The number of nitrogens with zero attached hydrogens (tertiary/aromatic N) is 2. The number of rotatable bonds is 6. The summed E-state index contributed by atoms with van der Waals surface area (Å²) in [5, 5.41) is 16.6. The normalized spacial score (nSPS) is 14.1. The molecule has 1 aliphatic carbocycles. The van der Waals surface area contributed by atoms with Crippen molar-refractivity contribution in [3.05, 3.63) is 93.3 Å². The molecular weight excluding hydrogens is 435 g/mol. The van der Waals surface area contributed by atoms with Gasteiger partial charge in [0.2, 0.25) is 0 Å². The van der Waals surface area contributed by atoms with Gasteiger partial charge >= 0.3 is 0 Å². The minimum atomic E-state index is -0.521. The van der Waals surface area contributed by atoms with Gasteiger partial charge in [-0.1, -0.05) is 24.3 Å². The van der Waals surface area contributed by atoms with Gasteiger partial charge in [0.05, 0.1) is 17.9 Å². The van der Waals surface area contributed by atoms with Crippen molar-refractivity contribution >= 4 is 11.4 Å². The van der Waals surface area contributed by atoms with E-state index in [0.29, 0.717) is 11.3 Å². The van der Waals surface area contributed by atoms with Crippen LogP contribution in [0.4, 0.5) is 4.39 Å².